The number of amides is 2. The van der Waals surface area contributed by atoms with Crippen LogP contribution in [-0.4, -0.2) is 82.0 Å². The molecule has 2 heterocycles. The second kappa shape index (κ2) is 11.3. The van der Waals surface area contributed by atoms with Gasteiger partial charge in [-0.15, -0.1) is 0 Å². The van der Waals surface area contributed by atoms with E-state index < -0.39 is 40.7 Å². The molecule has 1 saturated heterocycles. The fourth-order valence-corrected chi connectivity index (χ4v) is 3.71. The molecule has 35 heavy (non-hydrogen) atoms. The lowest BCUT2D eigenvalue weighted by atomic mass is 10.1. The van der Waals surface area contributed by atoms with E-state index in [1.807, 2.05) is 13.8 Å². The summed E-state index contributed by atoms with van der Waals surface area (Å²) in [4.78, 5) is 40.0. The Morgan fingerprint density at radius 2 is 1.80 bits per heavy atom. The Morgan fingerprint density at radius 1 is 1.20 bits per heavy atom. The van der Waals surface area contributed by atoms with Gasteiger partial charge < -0.3 is 24.6 Å². The van der Waals surface area contributed by atoms with Gasteiger partial charge in [-0.1, -0.05) is 0 Å². The zero-order valence-electron chi connectivity index (χ0n) is 20.9. The number of halogens is 3. The van der Waals surface area contributed by atoms with Gasteiger partial charge in [-0.2, -0.15) is 18.3 Å². The molecular weight excluding hydrogens is 471 g/mol. The molecule has 0 aromatic carbocycles. The molecule has 13 heteroatoms. The average molecular weight is 506 g/mol. The molecule has 0 aliphatic carbocycles. The van der Waals surface area contributed by atoms with Gasteiger partial charge in [0.2, 0.25) is 5.91 Å². The van der Waals surface area contributed by atoms with Crippen molar-refractivity contribution in [3.8, 4) is 0 Å². The maximum atomic E-state index is 13.1. The van der Waals surface area contributed by atoms with Crippen LogP contribution >= 0.6 is 0 Å². The van der Waals surface area contributed by atoms with Crippen LogP contribution in [-0.2, 0) is 20.4 Å². The highest BCUT2D eigenvalue weighted by atomic mass is 19.4. The second-order valence-electron chi connectivity index (χ2n) is 9.73. The SMILES string of the molecule is C[C@@H]1CN(C(=O)CCOC[C@H](C)Nc2cn[nH]c(=O)c2C(F)(F)F)[C@@H](C)CN1C(=O)OC(C)(C)C. The minimum atomic E-state index is -4.84. The first kappa shape index (κ1) is 28.4. The molecule has 3 atom stereocenters. The van der Waals surface area contributed by atoms with Gasteiger partial charge in [0.1, 0.15) is 11.2 Å². The summed E-state index contributed by atoms with van der Waals surface area (Å²) in [7, 11) is 0. The number of aromatic nitrogens is 2. The number of carbonyl (C=O) groups is 2. The number of ether oxygens (including phenoxy) is 2. The fraction of sp³-hybridized carbons (Fsp3) is 0.727. The van der Waals surface area contributed by atoms with E-state index in [0.29, 0.717) is 13.1 Å². The van der Waals surface area contributed by atoms with Crippen LogP contribution in [0.2, 0.25) is 0 Å². The number of hydrogen-bond acceptors (Lipinski definition) is 7. The molecule has 1 aromatic rings. The van der Waals surface area contributed by atoms with E-state index in [9.17, 15) is 27.6 Å². The van der Waals surface area contributed by atoms with Crippen LogP contribution < -0.4 is 10.9 Å². The van der Waals surface area contributed by atoms with Gasteiger partial charge >= 0.3 is 12.3 Å². The van der Waals surface area contributed by atoms with Gasteiger partial charge in [-0.25, -0.2) is 9.89 Å². The van der Waals surface area contributed by atoms with E-state index in [2.05, 4.69) is 10.4 Å². The maximum Gasteiger partial charge on any atom is 0.423 e. The van der Waals surface area contributed by atoms with Crippen LogP contribution in [0.15, 0.2) is 11.0 Å². The first-order chi connectivity index (χ1) is 16.1. The third-order valence-electron chi connectivity index (χ3n) is 5.30. The molecule has 0 unspecified atom stereocenters. The number of nitrogens with zero attached hydrogens (tertiary/aromatic N) is 3. The Balaban J connectivity index is 1.82. The van der Waals surface area contributed by atoms with Crippen LogP contribution in [0.4, 0.5) is 23.7 Å². The van der Waals surface area contributed by atoms with Crippen LogP contribution in [0.3, 0.4) is 0 Å². The normalized spacial score (nSPS) is 19.9. The molecule has 1 aliphatic rings. The van der Waals surface area contributed by atoms with E-state index in [-0.39, 0.29) is 37.6 Å². The van der Waals surface area contributed by atoms with Crippen molar-refractivity contribution in [1.82, 2.24) is 20.0 Å². The van der Waals surface area contributed by atoms with E-state index >= 15 is 0 Å². The molecular formula is C22H34F3N5O5. The Bertz CT molecular complexity index is 947. The number of nitrogens with one attached hydrogen (secondary N) is 2. The number of piperazine rings is 1. The van der Waals surface area contributed by atoms with Gasteiger partial charge in [0.25, 0.3) is 5.56 Å². The van der Waals surface area contributed by atoms with E-state index in [1.54, 1.807) is 42.6 Å². The number of alkyl halides is 3. The quantitative estimate of drug-likeness (QED) is 0.548. The van der Waals surface area contributed by atoms with Gasteiger partial charge in [0.15, 0.2) is 0 Å². The molecule has 2 rings (SSSR count). The van der Waals surface area contributed by atoms with Gasteiger partial charge in [0.05, 0.1) is 31.5 Å². The van der Waals surface area contributed by atoms with Crippen LogP contribution in [0.5, 0.6) is 0 Å². The molecule has 0 radical (unpaired) electrons. The number of carbonyl (C=O) groups excluding carboxylic acids is 2. The summed E-state index contributed by atoms with van der Waals surface area (Å²) in [5, 5.41) is 7.76. The van der Waals surface area contributed by atoms with Crippen molar-refractivity contribution >= 4 is 17.7 Å². The first-order valence-electron chi connectivity index (χ1n) is 11.4. The number of rotatable bonds is 7. The Kier molecular flexibility index (Phi) is 9.15. The smallest absolute Gasteiger partial charge is 0.423 e. The zero-order valence-corrected chi connectivity index (χ0v) is 20.9. The van der Waals surface area contributed by atoms with E-state index in [0.717, 1.165) is 6.20 Å². The zero-order chi connectivity index (χ0) is 26.6. The maximum absolute atomic E-state index is 13.1. The van der Waals surface area contributed by atoms with Crippen molar-refractivity contribution in [2.24, 2.45) is 0 Å². The lowest BCUT2D eigenvalue weighted by Gasteiger charge is -2.44. The van der Waals surface area contributed by atoms with E-state index in [1.165, 1.54) is 0 Å². The van der Waals surface area contributed by atoms with Crippen molar-refractivity contribution in [2.45, 2.75) is 77.9 Å². The van der Waals surface area contributed by atoms with Gasteiger partial charge in [0, 0.05) is 31.2 Å². The molecule has 0 bridgehead atoms. The van der Waals surface area contributed by atoms with Crippen LogP contribution in [0.25, 0.3) is 0 Å². The summed E-state index contributed by atoms with van der Waals surface area (Å²) < 4.78 is 50.3. The lowest BCUT2D eigenvalue weighted by Crippen LogP contribution is -2.60. The first-order valence-corrected chi connectivity index (χ1v) is 11.4. The molecule has 198 valence electrons. The Hall–Kier alpha value is -2.83. The predicted molar refractivity (Wildman–Crippen MR) is 122 cm³/mol. The molecule has 2 amide bonds. The van der Waals surface area contributed by atoms with E-state index in [4.69, 9.17) is 9.47 Å². The minimum Gasteiger partial charge on any atom is -0.444 e. The molecule has 2 N–H and O–H groups in total. The summed E-state index contributed by atoms with van der Waals surface area (Å²) in [6.07, 6.45) is -4.29. The highest BCUT2D eigenvalue weighted by Crippen LogP contribution is 2.31. The molecule has 0 spiro atoms. The number of anilines is 1. The molecule has 0 saturated carbocycles. The lowest BCUT2D eigenvalue weighted by molar-refractivity contribution is -0.139. The molecule has 1 aliphatic heterocycles. The molecule has 1 fully saturated rings. The summed E-state index contributed by atoms with van der Waals surface area (Å²) in [6, 6.07) is -1.01. The van der Waals surface area contributed by atoms with Crippen LogP contribution in [0.1, 0.15) is 53.5 Å². The number of hydrogen-bond donors (Lipinski definition) is 2. The predicted octanol–water partition coefficient (Wildman–Crippen LogP) is 2.85. The standard InChI is InChI=1S/C22H34F3N5O5/c1-13(27-16-9-26-28-19(32)18(16)22(23,24)25)12-34-8-7-17(31)29-10-15(3)30(11-14(29)2)20(33)35-21(4,5)6/h9,13-15H,7-8,10-12H2,1-6H3,(H2,27,28,32)/t13-,14-,15+/m0/s1. The topological polar surface area (TPSA) is 117 Å². The molecule has 10 nitrogen and oxygen atoms in total. The third kappa shape index (κ3) is 8.11. The van der Waals surface area contributed by atoms with Crippen molar-refractivity contribution < 1.29 is 32.2 Å². The highest BCUT2D eigenvalue weighted by Gasteiger charge is 2.38. The van der Waals surface area contributed by atoms with Gasteiger partial charge in [-0.05, 0) is 41.5 Å². The number of H-pyrrole nitrogens is 1. The summed E-state index contributed by atoms with van der Waals surface area (Å²) in [5.74, 6) is -0.146. The van der Waals surface area contributed by atoms with Crippen molar-refractivity contribution in [3.63, 3.8) is 0 Å². The highest BCUT2D eigenvalue weighted by molar-refractivity contribution is 5.77. The third-order valence-corrected chi connectivity index (χ3v) is 5.30. The average Bonchev–Trinajstić information content (AvgIpc) is 2.70. The number of aromatic amines is 1. The second-order valence-corrected chi connectivity index (χ2v) is 9.73. The fourth-order valence-electron chi connectivity index (χ4n) is 3.71. The minimum absolute atomic E-state index is 0.00968. The Labute approximate surface area is 202 Å². The van der Waals surface area contributed by atoms with Crippen molar-refractivity contribution in [2.75, 3.05) is 31.6 Å². The monoisotopic (exact) mass is 505 g/mol. The van der Waals surface area contributed by atoms with Crippen LogP contribution in [0, 0.1) is 0 Å². The van der Waals surface area contributed by atoms with Crippen molar-refractivity contribution in [1.29, 1.82) is 0 Å². The summed E-state index contributed by atoms with van der Waals surface area (Å²) >= 11 is 0. The largest absolute Gasteiger partial charge is 0.444 e. The Morgan fingerprint density at radius 3 is 2.40 bits per heavy atom. The molecule has 1 aromatic heterocycles. The summed E-state index contributed by atoms with van der Waals surface area (Å²) in [6.45, 7) is 11.4. The van der Waals surface area contributed by atoms with Crippen molar-refractivity contribution in [3.05, 3.63) is 22.1 Å². The van der Waals surface area contributed by atoms with Gasteiger partial charge in [-0.3, -0.25) is 9.59 Å². The summed E-state index contributed by atoms with van der Waals surface area (Å²) in [5.41, 5.74) is -3.75.